The Morgan fingerprint density at radius 2 is 2.24 bits per heavy atom. The fraction of sp³-hybridized carbons (Fsp3) is 0.688. The maximum Gasteiger partial charge on any atom is 0.191 e. The minimum Gasteiger partial charge on any atom is -0.467 e. The molecule has 1 saturated carbocycles. The molecule has 1 aliphatic carbocycles. The van der Waals surface area contributed by atoms with Crippen molar-refractivity contribution in [2.75, 3.05) is 20.2 Å². The van der Waals surface area contributed by atoms with Crippen LogP contribution in [0.25, 0.3) is 0 Å². The third kappa shape index (κ3) is 6.21. The van der Waals surface area contributed by atoms with Gasteiger partial charge in [-0.25, -0.2) is 0 Å². The summed E-state index contributed by atoms with van der Waals surface area (Å²) in [6, 6.07) is 4.38. The molecule has 1 aromatic heterocycles. The second-order valence-corrected chi connectivity index (χ2v) is 5.46. The summed E-state index contributed by atoms with van der Waals surface area (Å²) in [6.45, 7) is 2.13. The number of ether oxygens (including phenoxy) is 1. The van der Waals surface area contributed by atoms with E-state index in [0.29, 0.717) is 19.3 Å². The molecule has 0 saturated heterocycles. The van der Waals surface area contributed by atoms with Gasteiger partial charge in [0.05, 0.1) is 6.26 Å². The Balaban J connectivity index is 1.51. The number of nitrogens with one attached hydrogen (secondary N) is 2. The van der Waals surface area contributed by atoms with Crippen molar-refractivity contribution in [1.29, 1.82) is 0 Å². The molecule has 118 valence electrons. The molecule has 0 aromatic carbocycles. The molecule has 5 heteroatoms. The van der Waals surface area contributed by atoms with E-state index in [1.165, 1.54) is 32.1 Å². The summed E-state index contributed by atoms with van der Waals surface area (Å²) in [5.41, 5.74) is 0. The molecular weight excluding hydrogens is 266 g/mol. The SMILES string of the molecule is CN=C(NCCCOCc1ccco1)NC1CCCCC1. The largest absolute Gasteiger partial charge is 0.467 e. The van der Waals surface area contributed by atoms with Crippen molar-refractivity contribution in [2.24, 2.45) is 4.99 Å². The lowest BCUT2D eigenvalue weighted by atomic mass is 9.96. The lowest BCUT2D eigenvalue weighted by Crippen LogP contribution is -2.44. The van der Waals surface area contributed by atoms with Gasteiger partial charge in [0.2, 0.25) is 0 Å². The zero-order chi connectivity index (χ0) is 14.8. The maximum atomic E-state index is 5.55. The van der Waals surface area contributed by atoms with E-state index in [9.17, 15) is 0 Å². The Hall–Kier alpha value is -1.49. The van der Waals surface area contributed by atoms with E-state index >= 15 is 0 Å². The normalized spacial score (nSPS) is 16.9. The van der Waals surface area contributed by atoms with Crippen molar-refractivity contribution in [2.45, 2.75) is 51.2 Å². The van der Waals surface area contributed by atoms with E-state index in [4.69, 9.17) is 9.15 Å². The summed E-state index contributed by atoms with van der Waals surface area (Å²) in [6.07, 6.45) is 9.16. The lowest BCUT2D eigenvalue weighted by molar-refractivity contribution is 0.105. The molecule has 1 fully saturated rings. The van der Waals surface area contributed by atoms with Crippen LogP contribution in [0.15, 0.2) is 27.8 Å². The van der Waals surface area contributed by atoms with Crippen LogP contribution in [0.1, 0.15) is 44.3 Å². The van der Waals surface area contributed by atoms with Gasteiger partial charge in [-0.2, -0.15) is 0 Å². The second kappa shape index (κ2) is 9.45. The monoisotopic (exact) mass is 293 g/mol. The zero-order valence-corrected chi connectivity index (χ0v) is 12.9. The molecule has 0 atom stereocenters. The van der Waals surface area contributed by atoms with Crippen LogP contribution in [-0.4, -0.2) is 32.2 Å². The molecule has 0 amide bonds. The Kier molecular flexibility index (Phi) is 7.15. The van der Waals surface area contributed by atoms with Gasteiger partial charge in [-0.3, -0.25) is 4.99 Å². The zero-order valence-electron chi connectivity index (χ0n) is 12.9. The smallest absolute Gasteiger partial charge is 0.191 e. The first kappa shape index (κ1) is 15.9. The molecule has 1 aromatic rings. The van der Waals surface area contributed by atoms with Crippen molar-refractivity contribution in [3.63, 3.8) is 0 Å². The minimum absolute atomic E-state index is 0.544. The number of guanidine groups is 1. The van der Waals surface area contributed by atoms with Crippen molar-refractivity contribution in [3.05, 3.63) is 24.2 Å². The average molecular weight is 293 g/mol. The Labute approximate surface area is 127 Å². The first-order chi connectivity index (χ1) is 10.4. The van der Waals surface area contributed by atoms with Crippen LogP contribution in [0.2, 0.25) is 0 Å². The van der Waals surface area contributed by atoms with Crippen LogP contribution in [0.3, 0.4) is 0 Å². The van der Waals surface area contributed by atoms with Crippen LogP contribution in [-0.2, 0) is 11.3 Å². The van der Waals surface area contributed by atoms with Gasteiger partial charge in [-0.15, -0.1) is 0 Å². The van der Waals surface area contributed by atoms with Gasteiger partial charge < -0.3 is 19.8 Å². The molecule has 0 unspecified atom stereocenters. The van der Waals surface area contributed by atoms with Crippen molar-refractivity contribution in [3.8, 4) is 0 Å². The molecule has 0 spiro atoms. The van der Waals surface area contributed by atoms with Gasteiger partial charge in [0.25, 0.3) is 0 Å². The van der Waals surface area contributed by atoms with Crippen LogP contribution in [0.4, 0.5) is 0 Å². The first-order valence-corrected chi connectivity index (χ1v) is 7.96. The fourth-order valence-corrected chi connectivity index (χ4v) is 2.58. The van der Waals surface area contributed by atoms with E-state index in [-0.39, 0.29) is 0 Å². The third-order valence-electron chi connectivity index (χ3n) is 3.75. The molecule has 21 heavy (non-hydrogen) atoms. The van der Waals surface area contributed by atoms with E-state index in [0.717, 1.165) is 24.7 Å². The second-order valence-electron chi connectivity index (χ2n) is 5.46. The third-order valence-corrected chi connectivity index (χ3v) is 3.75. The molecule has 1 aliphatic rings. The van der Waals surface area contributed by atoms with E-state index in [1.54, 1.807) is 6.26 Å². The minimum atomic E-state index is 0.544. The molecule has 2 N–H and O–H groups in total. The molecule has 5 nitrogen and oxygen atoms in total. The topological polar surface area (TPSA) is 58.8 Å². The number of hydrogen-bond donors (Lipinski definition) is 2. The molecule has 1 heterocycles. The highest BCUT2D eigenvalue weighted by Gasteiger charge is 2.13. The van der Waals surface area contributed by atoms with Crippen LogP contribution < -0.4 is 10.6 Å². The number of aliphatic imine (C=N–C) groups is 1. The predicted octanol–water partition coefficient (Wildman–Crippen LogP) is 2.68. The van der Waals surface area contributed by atoms with Crippen LogP contribution in [0.5, 0.6) is 0 Å². The number of rotatable bonds is 7. The van der Waals surface area contributed by atoms with Crippen molar-refractivity contribution < 1.29 is 9.15 Å². The summed E-state index contributed by atoms with van der Waals surface area (Å²) in [7, 11) is 1.82. The highest BCUT2D eigenvalue weighted by molar-refractivity contribution is 5.79. The van der Waals surface area contributed by atoms with Crippen LogP contribution in [0, 0.1) is 0 Å². The summed E-state index contributed by atoms with van der Waals surface area (Å²) < 4.78 is 10.8. The Morgan fingerprint density at radius 1 is 1.38 bits per heavy atom. The lowest BCUT2D eigenvalue weighted by Gasteiger charge is -2.24. The maximum absolute atomic E-state index is 5.55. The van der Waals surface area contributed by atoms with Gasteiger partial charge in [-0.1, -0.05) is 19.3 Å². The summed E-state index contributed by atoms with van der Waals surface area (Å²) in [4.78, 5) is 4.28. The molecule has 0 bridgehead atoms. The van der Waals surface area contributed by atoms with E-state index in [2.05, 4.69) is 15.6 Å². The number of furan rings is 1. The van der Waals surface area contributed by atoms with E-state index in [1.807, 2.05) is 19.2 Å². The Morgan fingerprint density at radius 3 is 2.95 bits per heavy atom. The standard InChI is InChI=1S/C16H27N3O2/c1-17-16(19-14-7-3-2-4-8-14)18-10-6-11-20-13-15-9-5-12-21-15/h5,9,12,14H,2-4,6-8,10-11,13H2,1H3,(H2,17,18,19). The number of nitrogens with zero attached hydrogens (tertiary/aromatic N) is 1. The van der Waals surface area contributed by atoms with Gasteiger partial charge in [-0.05, 0) is 31.4 Å². The molecular formula is C16H27N3O2. The first-order valence-electron chi connectivity index (χ1n) is 7.96. The van der Waals surface area contributed by atoms with Crippen LogP contribution >= 0.6 is 0 Å². The Bertz CT molecular complexity index is 398. The number of hydrogen-bond acceptors (Lipinski definition) is 3. The van der Waals surface area contributed by atoms with Gasteiger partial charge in [0.15, 0.2) is 5.96 Å². The van der Waals surface area contributed by atoms with Crippen molar-refractivity contribution >= 4 is 5.96 Å². The van der Waals surface area contributed by atoms with Gasteiger partial charge in [0, 0.05) is 26.2 Å². The van der Waals surface area contributed by atoms with Crippen molar-refractivity contribution in [1.82, 2.24) is 10.6 Å². The van der Waals surface area contributed by atoms with Gasteiger partial charge in [0.1, 0.15) is 12.4 Å². The van der Waals surface area contributed by atoms with Gasteiger partial charge >= 0.3 is 0 Å². The molecule has 0 aliphatic heterocycles. The molecule has 0 radical (unpaired) electrons. The summed E-state index contributed by atoms with van der Waals surface area (Å²) in [5.74, 6) is 1.78. The predicted molar refractivity (Wildman–Crippen MR) is 84.4 cm³/mol. The highest BCUT2D eigenvalue weighted by Crippen LogP contribution is 2.17. The molecule has 2 rings (SSSR count). The highest BCUT2D eigenvalue weighted by atomic mass is 16.5. The quantitative estimate of drug-likeness (QED) is 0.461. The van der Waals surface area contributed by atoms with E-state index < -0.39 is 0 Å². The fourth-order valence-electron chi connectivity index (χ4n) is 2.58. The summed E-state index contributed by atoms with van der Waals surface area (Å²) in [5, 5.41) is 6.85. The average Bonchev–Trinajstić information content (AvgIpc) is 3.04. The summed E-state index contributed by atoms with van der Waals surface area (Å²) >= 11 is 0.